The summed E-state index contributed by atoms with van der Waals surface area (Å²) in [7, 11) is 1.38. The van der Waals surface area contributed by atoms with Crippen LogP contribution in [0.3, 0.4) is 0 Å². The van der Waals surface area contributed by atoms with Gasteiger partial charge in [0.1, 0.15) is 11.7 Å². The first-order chi connectivity index (χ1) is 10.9. The maximum Gasteiger partial charge on any atom is 0.328 e. The van der Waals surface area contributed by atoms with Crippen molar-refractivity contribution >= 4 is 0 Å². The van der Waals surface area contributed by atoms with Gasteiger partial charge in [-0.2, -0.15) is 0 Å². The van der Waals surface area contributed by atoms with Crippen LogP contribution in [0, 0.1) is 5.41 Å². The smallest absolute Gasteiger partial charge is 0.328 e. The van der Waals surface area contributed by atoms with E-state index in [2.05, 4.69) is 4.98 Å². The monoisotopic (exact) mass is 330 g/mol. The molecule has 2 N–H and O–H groups in total. The summed E-state index contributed by atoms with van der Waals surface area (Å²) in [6.07, 6.45) is 0.672. The van der Waals surface area contributed by atoms with Gasteiger partial charge in [0.2, 0.25) is 0 Å². The van der Waals surface area contributed by atoms with Gasteiger partial charge in [0, 0.05) is 19.4 Å². The number of alkyl halides is 1. The number of aromatic nitrogens is 2. The average molecular weight is 330 g/mol. The van der Waals surface area contributed by atoms with E-state index in [1.54, 1.807) is 6.92 Å². The van der Waals surface area contributed by atoms with Gasteiger partial charge in [-0.25, -0.2) is 4.79 Å². The molecule has 2 heterocycles. The Labute approximate surface area is 130 Å². The molecular weight excluding hydrogens is 311 g/mol. The molecule has 0 bridgehead atoms. The Bertz CT molecular complexity index is 699. The van der Waals surface area contributed by atoms with Crippen molar-refractivity contribution in [2.75, 3.05) is 20.4 Å². The van der Waals surface area contributed by atoms with Crippen molar-refractivity contribution in [2.45, 2.75) is 37.6 Å². The minimum Gasteiger partial charge on any atom is -0.396 e. The molecule has 128 valence electrons. The number of H-pyrrole nitrogens is 1. The van der Waals surface area contributed by atoms with Crippen molar-refractivity contribution in [3.63, 3.8) is 0 Å². The molecule has 1 aromatic heterocycles. The molecule has 1 saturated heterocycles. The van der Waals surface area contributed by atoms with Crippen LogP contribution in [0.25, 0.3) is 0 Å². The number of ether oxygens (including phenoxy) is 3. The lowest BCUT2D eigenvalue weighted by molar-refractivity contribution is -0.251. The van der Waals surface area contributed by atoms with Gasteiger partial charge in [0.25, 0.3) is 12.0 Å². The fraction of sp³-hybridized carbons (Fsp3) is 0.714. The van der Waals surface area contributed by atoms with Crippen LogP contribution in [0.15, 0.2) is 21.9 Å². The van der Waals surface area contributed by atoms with Crippen LogP contribution in [0.5, 0.6) is 0 Å². The van der Waals surface area contributed by atoms with E-state index in [4.69, 9.17) is 14.2 Å². The number of hydrogen-bond donors (Lipinski definition) is 2. The normalized spacial score (nSPS) is 39.6. The molecule has 1 unspecified atom stereocenters. The first kappa shape index (κ1) is 16.3. The molecule has 5 atom stereocenters. The third kappa shape index (κ3) is 2.26. The number of fused-ring (bicyclic) bond motifs is 1. The molecule has 0 spiro atoms. The van der Waals surface area contributed by atoms with Gasteiger partial charge in [0.15, 0.2) is 0 Å². The fourth-order valence-electron chi connectivity index (χ4n) is 3.71. The predicted molar refractivity (Wildman–Crippen MR) is 75.6 cm³/mol. The minimum atomic E-state index is -1.21. The molecule has 2 aliphatic rings. The van der Waals surface area contributed by atoms with E-state index in [1.165, 1.54) is 23.9 Å². The van der Waals surface area contributed by atoms with E-state index in [-0.39, 0.29) is 6.42 Å². The number of methoxy groups -OCH3 is 1. The highest BCUT2D eigenvalue weighted by Crippen LogP contribution is 2.57. The molecule has 0 radical (unpaired) electrons. The molecule has 1 saturated carbocycles. The first-order valence-electron chi connectivity index (χ1n) is 7.24. The number of halogens is 1. The summed E-state index contributed by atoms with van der Waals surface area (Å²) >= 11 is 0. The van der Waals surface area contributed by atoms with Crippen LogP contribution < -0.4 is 11.2 Å². The van der Waals surface area contributed by atoms with Gasteiger partial charge >= 0.3 is 5.69 Å². The van der Waals surface area contributed by atoms with Crippen LogP contribution in [0.4, 0.5) is 4.39 Å². The maximum absolute atomic E-state index is 13.8. The van der Waals surface area contributed by atoms with Crippen LogP contribution >= 0.6 is 0 Å². The summed E-state index contributed by atoms with van der Waals surface area (Å²) in [5.41, 5.74) is -3.44. The van der Waals surface area contributed by atoms with Crippen LogP contribution in [0.2, 0.25) is 0 Å². The summed E-state index contributed by atoms with van der Waals surface area (Å²) < 4.78 is 31.5. The Morgan fingerprint density at radius 3 is 2.87 bits per heavy atom. The number of nitrogens with one attached hydrogen (secondary N) is 1. The standard InChI is InChI=1S/C14H19FN2O6/c1-13-8(17-4-3-9(19)16-11(17)20)5-14(6-15,7-18)10(13)22-12(21-2)23-13/h3-4,8,10,12,18H,5-7H2,1-2H3,(H,16,19,20)/t8-,10+,12?,13+,14+/m1/s1. The van der Waals surface area contributed by atoms with Crippen LogP contribution in [-0.4, -0.2) is 53.2 Å². The highest BCUT2D eigenvalue weighted by Gasteiger charge is 2.67. The maximum atomic E-state index is 13.8. The zero-order valence-electron chi connectivity index (χ0n) is 12.8. The number of aliphatic hydroxyl groups is 1. The fourth-order valence-corrected chi connectivity index (χ4v) is 3.71. The van der Waals surface area contributed by atoms with Crippen LogP contribution in [0.1, 0.15) is 19.4 Å². The van der Waals surface area contributed by atoms with E-state index >= 15 is 0 Å². The molecule has 3 rings (SSSR count). The number of rotatable bonds is 4. The highest BCUT2D eigenvalue weighted by atomic mass is 19.1. The Morgan fingerprint density at radius 1 is 1.57 bits per heavy atom. The van der Waals surface area contributed by atoms with Gasteiger partial charge in [-0.05, 0) is 13.3 Å². The third-order valence-electron chi connectivity index (χ3n) is 4.90. The second kappa shape index (κ2) is 5.52. The van der Waals surface area contributed by atoms with Gasteiger partial charge in [-0.15, -0.1) is 0 Å². The van der Waals surface area contributed by atoms with E-state index < -0.39 is 54.2 Å². The quantitative estimate of drug-likeness (QED) is 0.774. The molecule has 1 aliphatic carbocycles. The van der Waals surface area contributed by atoms with Gasteiger partial charge in [-0.3, -0.25) is 18.7 Å². The van der Waals surface area contributed by atoms with Gasteiger partial charge in [-0.1, -0.05) is 0 Å². The molecule has 1 aromatic rings. The van der Waals surface area contributed by atoms with Crippen molar-refractivity contribution in [3.05, 3.63) is 33.1 Å². The molecule has 0 amide bonds. The molecule has 0 aromatic carbocycles. The number of aromatic amines is 1. The summed E-state index contributed by atoms with van der Waals surface area (Å²) in [6, 6.07) is 0.581. The molecule has 23 heavy (non-hydrogen) atoms. The molecule has 1 aliphatic heterocycles. The minimum absolute atomic E-state index is 0.129. The second-order valence-electron chi connectivity index (χ2n) is 6.23. The average Bonchev–Trinajstić information content (AvgIpc) is 2.99. The molecule has 2 fully saturated rings. The summed E-state index contributed by atoms with van der Waals surface area (Å²) in [4.78, 5) is 25.5. The highest BCUT2D eigenvalue weighted by molar-refractivity contribution is 5.15. The van der Waals surface area contributed by atoms with Crippen molar-refractivity contribution < 1.29 is 23.7 Å². The van der Waals surface area contributed by atoms with Crippen LogP contribution in [-0.2, 0) is 14.2 Å². The van der Waals surface area contributed by atoms with Crippen molar-refractivity contribution in [2.24, 2.45) is 5.41 Å². The SMILES string of the molecule is COC1O[C@@H]2[C@](CO)(CF)C[C@@H](n3ccc(=O)[nH]c3=O)[C@]2(C)O1. The lowest BCUT2D eigenvalue weighted by atomic mass is 9.84. The predicted octanol–water partition coefficient (Wildman–Crippen LogP) is -0.466. The Hall–Kier alpha value is -1.55. The molecule has 8 nitrogen and oxygen atoms in total. The van der Waals surface area contributed by atoms with Gasteiger partial charge < -0.3 is 19.3 Å². The van der Waals surface area contributed by atoms with E-state index in [1.807, 2.05) is 0 Å². The van der Waals surface area contributed by atoms with E-state index in [9.17, 15) is 19.1 Å². The van der Waals surface area contributed by atoms with Crippen molar-refractivity contribution in [3.8, 4) is 0 Å². The second-order valence-corrected chi connectivity index (χ2v) is 6.23. The summed E-state index contributed by atoms with van der Waals surface area (Å²) in [6.45, 7) is -0.619. The summed E-state index contributed by atoms with van der Waals surface area (Å²) in [5, 5.41) is 9.75. The Kier molecular flexibility index (Phi) is 3.91. The van der Waals surface area contributed by atoms with Crippen molar-refractivity contribution in [1.82, 2.24) is 9.55 Å². The Balaban J connectivity index is 2.10. The third-order valence-corrected chi connectivity index (χ3v) is 4.90. The van der Waals surface area contributed by atoms with E-state index in [0.29, 0.717) is 0 Å². The van der Waals surface area contributed by atoms with Gasteiger partial charge in [0.05, 0.1) is 24.7 Å². The lowest BCUT2D eigenvalue weighted by Crippen LogP contribution is -2.47. The lowest BCUT2D eigenvalue weighted by Gasteiger charge is -2.31. The molecular formula is C14H19FN2O6. The largest absolute Gasteiger partial charge is 0.396 e. The number of aliphatic hydroxyl groups excluding tert-OH is 1. The number of nitrogens with zero attached hydrogens (tertiary/aromatic N) is 1. The molecule has 9 heteroatoms. The zero-order chi connectivity index (χ0) is 16.8. The van der Waals surface area contributed by atoms with E-state index in [0.717, 1.165) is 0 Å². The topological polar surface area (TPSA) is 103 Å². The Morgan fingerprint density at radius 2 is 2.30 bits per heavy atom. The summed E-state index contributed by atoms with van der Waals surface area (Å²) in [5.74, 6) is 0. The van der Waals surface area contributed by atoms with Crippen molar-refractivity contribution in [1.29, 1.82) is 0 Å². The zero-order valence-corrected chi connectivity index (χ0v) is 12.8. The first-order valence-corrected chi connectivity index (χ1v) is 7.24. The number of hydrogen-bond acceptors (Lipinski definition) is 6.